The second kappa shape index (κ2) is 6.54. The minimum atomic E-state index is -0.242. The van der Waals surface area contributed by atoms with E-state index in [-0.39, 0.29) is 11.7 Å². The molecule has 6 heteroatoms. The quantitative estimate of drug-likeness (QED) is 0.741. The molecule has 1 amide bonds. The first-order chi connectivity index (χ1) is 11.6. The molecule has 122 valence electrons. The highest BCUT2D eigenvalue weighted by molar-refractivity contribution is 5.90. The van der Waals surface area contributed by atoms with E-state index >= 15 is 0 Å². The molecule has 0 N–H and O–H groups in total. The van der Waals surface area contributed by atoms with Crippen molar-refractivity contribution in [1.29, 1.82) is 0 Å². The number of hydrogen-bond donors (Lipinski definition) is 0. The van der Waals surface area contributed by atoms with Gasteiger partial charge in [0.1, 0.15) is 5.75 Å². The molecular weight excluding hydrogens is 304 g/mol. The summed E-state index contributed by atoms with van der Waals surface area (Å²) in [5.41, 5.74) is 1.66. The van der Waals surface area contributed by atoms with Crippen LogP contribution >= 0.6 is 0 Å². The first kappa shape index (κ1) is 15.7. The monoisotopic (exact) mass is 322 g/mol. The van der Waals surface area contributed by atoms with Crippen LogP contribution in [0.4, 0.5) is 0 Å². The predicted octanol–water partition coefficient (Wildman–Crippen LogP) is 2.64. The van der Waals surface area contributed by atoms with Crippen LogP contribution in [-0.2, 0) is 0 Å². The highest BCUT2D eigenvalue weighted by atomic mass is 16.5. The first-order valence-corrected chi connectivity index (χ1v) is 7.48. The Hall–Kier alpha value is -3.15. The number of rotatable bonds is 4. The smallest absolute Gasteiger partial charge is 0.293 e. The molecule has 1 heterocycles. The molecule has 0 saturated carbocycles. The molecule has 0 aliphatic rings. The zero-order valence-electron chi connectivity index (χ0n) is 13.8. The van der Waals surface area contributed by atoms with E-state index in [1.54, 1.807) is 25.9 Å². The van der Waals surface area contributed by atoms with Gasteiger partial charge in [0.2, 0.25) is 5.82 Å². The van der Waals surface area contributed by atoms with E-state index in [1.165, 1.54) is 4.90 Å². The fraction of sp³-hybridized carbons (Fsp3) is 0.167. The molecule has 6 nitrogen and oxygen atoms in total. The molecule has 0 radical (unpaired) electrons. The summed E-state index contributed by atoms with van der Waals surface area (Å²) in [7, 11) is 4.97. The third-order valence-corrected chi connectivity index (χ3v) is 3.53. The predicted molar refractivity (Wildman–Crippen MR) is 91.4 cm³/mol. The largest absolute Gasteiger partial charge is 0.497 e. The molecule has 24 heavy (non-hydrogen) atoms. The normalized spacial score (nSPS) is 10.5. The van der Waals surface area contributed by atoms with Gasteiger partial charge in [-0.15, -0.1) is 5.10 Å². The molecule has 0 bridgehead atoms. The maximum absolute atomic E-state index is 12.3. The standard InChI is InChI=1S/C18H18N4O2/c1-21(2)18(23)16-19-17(13-8-7-11-15(12-13)24-3)22(20-16)14-9-5-4-6-10-14/h4-12H,1-3H3. The molecule has 0 unspecified atom stereocenters. The van der Waals surface area contributed by atoms with Crippen LogP contribution in [0.2, 0.25) is 0 Å². The van der Waals surface area contributed by atoms with Crippen molar-refractivity contribution in [3.8, 4) is 22.8 Å². The van der Waals surface area contributed by atoms with Gasteiger partial charge in [0.05, 0.1) is 12.8 Å². The fourth-order valence-electron chi connectivity index (χ4n) is 2.30. The fourth-order valence-corrected chi connectivity index (χ4v) is 2.30. The van der Waals surface area contributed by atoms with E-state index in [0.29, 0.717) is 5.82 Å². The number of aromatic nitrogens is 3. The van der Waals surface area contributed by atoms with E-state index in [0.717, 1.165) is 17.0 Å². The summed E-state index contributed by atoms with van der Waals surface area (Å²) < 4.78 is 6.95. The van der Waals surface area contributed by atoms with Gasteiger partial charge in [-0.25, -0.2) is 9.67 Å². The number of ether oxygens (including phenoxy) is 1. The highest BCUT2D eigenvalue weighted by Gasteiger charge is 2.20. The van der Waals surface area contributed by atoms with E-state index in [4.69, 9.17) is 4.74 Å². The van der Waals surface area contributed by atoms with Gasteiger partial charge in [0, 0.05) is 19.7 Å². The van der Waals surface area contributed by atoms with Gasteiger partial charge in [-0.3, -0.25) is 4.79 Å². The molecule has 1 aromatic heterocycles. The van der Waals surface area contributed by atoms with Gasteiger partial charge < -0.3 is 9.64 Å². The van der Waals surface area contributed by atoms with Crippen molar-refractivity contribution in [2.24, 2.45) is 0 Å². The third-order valence-electron chi connectivity index (χ3n) is 3.53. The Balaban J connectivity index is 2.17. The highest BCUT2D eigenvalue weighted by Crippen LogP contribution is 2.25. The lowest BCUT2D eigenvalue weighted by Gasteiger charge is -2.07. The number of methoxy groups -OCH3 is 1. The Morgan fingerprint density at radius 1 is 1.08 bits per heavy atom. The SMILES string of the molecule is COc1cccc(-c2nc(C(=O)N(C)C)nn2-c2ccccc2)c1. The Labute approximate surface area is 140 Å². The maximum Gasteiger partial charge on any atom is 0.293 e. The Bertz CT molecular complexity index is 856. The zero-order chi connectivity index (χ0) is 17.1. The second-order valence-electron chi connectivity index (χ2n) is 5.44. The Kier molecular flexibility index (Phi) is 4.29. The van der Waals surface area contributed by atoms with Gasteiger partial charge in [-0.2, -0.15) is 0 Å². The van der Waals surface area contributed by atoms with Crippen molar-refractivity contribution in [3.05, 3.63) is 60.4 Å². The maximum atomic E-state index is 12.3. The molecular formula is C18H18N4O2. The van der Waals surface area contributed by atoms with Gasteiger partial charge in [0.15, 0.2) is 5.82 Å². The van der Waals surface area contributed by atoms with Gasteiger partial charge in [-0.05, 0) is 24.3 Å². The molecule has 3 rings (SSSR count). The summed E-state index contributed by atoms with van der Waals surface area (Å²) in [5, 5.41) is 4.41. The van der Waals surface area contributed by atoms with Crippen molar-refractivity contribution in [2.45, 2.75) is 0 Å². The average molecular weight is 322 g/mol. The van der Waals surface area contributed by atoms with Crippen molar-refractivity contribution in [2.75, 3.05) is 21.2 Å². The van der Waals surface area contributed by atoms with Crippen molar-refractivity contribution < 1.29 is 9.53 Å². The van der Waals surface area contributed by atoms with Gasteiger partial charge in [-0.1, -0.05) is 30.3 Å². The topological polar surface area (TPSA) is 60.2 Å². The minimum Gasteiger partial charge on any atom is -0.497 e. The number of benzene rings is 2. The number of nitrogens with zero attached hydrogens (tertiary/aromatic N) is 4. The first-order valence-electron chi connectivity index (χ1n) is 7.48. The number of amides is 1. The summed E-state index contributed by atoms with van der Waals surface area (Å²) in [5.74, 6) is 1.22. The molecule has 0 saturated heterocycles. The summed E-state index contributed by atoms with van der Waals surface area (Å²) in [6, 6.07) is 17.1. The van der Waals surface area contributed by atoms with Crippen LogP contribution < -0.4 is 4.74 Å². The third kappa shape index (κ3) is 2.99. The second-order valence-corrected chi connectivity index (χ2v) is 5.44. The molecule has 3 aromatic rings. The van der Waals surface area contributed by atoms with Crippen LogP contribution in [-0.4, -0.2) is 46.8 Å². The summed E-state index contributed by atoms with van der Waals surface area (Å²) >= 11 is 0. The van der Waals surface area contributed by atoms with Gasteiger partial charge in [0.25, 0.3) is 5.91 Å². The molecule has 0 spiro atoms. The Morgan fingerprint density at radius 2 is 1.83 bits per heavy atom. The van der Waals surface area contributed by atoms with Crippen molar-refractivity contribution >= 4 is 5.91 Å². The molecule has 0 aliphatic carbocycles. The molecule has 2 aromatic carbocycles. The van der Waals surface area contributed by atoms with E-state index in [1.807, 2.05) is 54.6 Å². The number of carbonyl (C=O) groups is 1. The van der Waals surface area contributed by atoms with Crippen LogP contribution in [0.3, 0.4) is 0 Å². The van der Waals surface area contributed by atoms with Crippen LogP contribution in [0.15, 0.2) is 54.6 Å². The number of para-hydroxylation sites is 1. The van der Waals surface area contributed by atoms with Crippen LogP contribution in [0.5, 0.6) is 5.75 Å². The lowest BCUT2D eigenvalue weighted by atomic mass is 10.2. The minimum absolute atomic E-state index is 0.154. The molecule has 0 aliphatic heterocycles. The lowest BCUT2D eigenvalue weighted by molar-refractivity contribution is 0.0816. The Morgan fingerprint density at radius 3 is 2.50 bits per heavy atom. The van der Waals surface area contributed by atoms with Crippen LogP contribution in [0.25, 0.3) is 17.1 Å². The summed E-state index contributed by atoms with van der Waals surface area (Å²) in [6.45, 7) is 0. The molecule has 0 atom stereocenters. The summed E-state index contributed by atoms with van der Waals surface area (Å²) in [6.07, 6.45) is 0. The zero-order valence-corrected chi connectivity index (χ0v) is 13.8. The van der Waals surface area contributed by atoms with Gasteiger partial charge >= 0.3 is 0 Å². The van der Waals surface area contributed by atoms with Crippen molar-refractivity contribution in [3.63, 3.8) is 0 Å². The van der Waals surface area contributed by atoms with E-state index in [9.17, 15) is 4.79 Å². The average Bonchev–Trinajstić information content (AvgIpc) is 3.07. The van der Waals surface area contributed by atoms with Crippen LogP contribution in [0.1, 0.15) is 10.6 Å². The molecule has 0 fully saturated rings. The van der Waals surface area contributed by atoms with E-state index in [2.05, 4.69) is 10.1 Å². The lowest BCUT2D eigenvalue weighted by Crippen LogP contribution is -2.23. The van der Waals surface area contributed by atoms with Crippen molar-refractivity contribution in [1.82, 2.24) is 19.7 Å². The number of hydrogen-bond acceptors (Lipinski definition) is 4. The van der Waals surface area contributed by atoms with Crippen LogP contribution in [0, 0.1) is 0 Å². The van der Waals surface area contributed by atoms with E-state index < -0.39 is 0 Å². The summed E-state index contributed by atoms with van der Waals surface area (Å²) in [4.78, 5) is 18.2. The number of carbonyl (C=O) groups excluding carboxylic acids is 1.